The van der Waals surface area contributed by atoms with Gasteiger partial charge in [-0.3, -0.25) is 0 Å². The summed E-state index contributed by atoms with van der Waals surface area (Å²) in [6.07, 6.45) is 0.665. The number of aryl methyl sites for hydroxylation is 1. The van der Waals surface area contributed by atoms with Crippen LogP contribution in [0.15, 0.2) is 60.7 Å². The van der Waals surface area contributed by atoms with Crippen LogP contribution in [-0.2, 0) is 6.42 Å². The van der Waals surface area contributed by atoms with Gasteiger partial charge in [-0.15, -0.1) is 5.10 Å². The summed E-state index contributed by atoms with van der Waals surface area (Å²) in [5.41, 5.74) is 2.92. The van der Waals surface area contributed by atoms with Crippen molar-refractivity contribution in [3.63, 3.8) is 0 Å². The Kier molecular flexibility index (Phi) is 4.70. The van der Waals surface area contributed by atoms with Gasteiger partial charge in [0, 0.05) is 18.2 Å². The minimum Gasteiger partial charge on any atom is -0.492 e. The van der Waals surface area contributed by atoms with Crippen LogP contribution in [0.5, 0.6) is 5.75 Å². The number of nitrogens with zero attached hydrogens (tertiary/aromatic N) is 4. The molecule has 0 aliphatic rings. The van der Waals surface area contributed by atoms with Crippen LogP contribution in [0, 0.1) is 6.92 Å². The molecule has 2 aromatic carbocycles. The Labute approximate surface area is 157 Å². The van der Waals surface area contributed by atoms with Gasteiger partial charge in [0.25, 0.3) is 5.78 Å². The highest BCUT2D eigenvalue weighted by atomic mass is 16.5. The molecule has 0 spiro atoms. The van der Waals surface area contributed by atoms with Gasteiger partial charge < -0.3 is 10.1 Å². The number of aromatic nitrogens is 4. The number of rotatable bonds is 6. The summed E-state index contributed by atoms with van der Waals surface area (Å²) in [5, 5.41) is 8.07. The van der Waals surface area contributed by atoms with E-state index in [1.807, 2.05) is 62.4 Å². The van der Waals surface area contributed by atoms with E-state index < -0.39 is 0 Å². The highest BCUT2D eigenvalue weighted by molar-refractivity contribution is 5.65. The van der Waals surface area contributed by atoms with E-state index in [0.717, 1.165) is 28.8 Å². The molecule has 2 aromatic heterocycles. The monoisotopic (exact) mass is 359 g/mol. The number of para-hydroxylation sites is 2. The van der Waals surface area contributed by atoms with Gasteiger partial charge in [0.05, 0.1) is 12.3 Å². The Bertz CT molecular complexity index is 1060. The normalized spacial score (nSPS) is 10.9. The van der Waals surface area contributed by atoms with E-state index in [-0.39, 0.29) is 0 Å². The van der Waals surface area contributed by atoms with Gasteiger partial charge in [-0.1, -0.05) is 42.5 Å². The molecule has 136 valence electrons. The highest BCUT2D eigenvalue weighted by Gasteiger charge is 2.12. The molecule has 0 amide bonds. The van der Waals surface area contributed by atoms with Gasteiger partial charge in [0.1, 0.15) is 11.6 Å². The maximum Gasteiger partial charge on any atom is 0.254 e. The first kappa shape index (κ1) is 17.0. The van der Waals surface area contributed by atoms with Crippen molar-refractivity contribution in [3.05, 3.63) is 77.7 Å². The van der Waals surface area contributed by atoms with Crippen LogP contribution in [0.4, 0.5) is 11.5 Å². The number of hydrogen-bond donors (Lipinski definition) is 1. The first-order chi connectivity index (χ1) is 13.2. The first-order valence-electron chi connectivity index (χ1n) is 8.99. The smallest absolute Gasteiger partial charge is 0.254 e. The molecular formula is C21H21N5O. The maximum absolute atomic E-state index is 5.71. The van der Waals surface area contributed by atoms with Gasteiger partial charge in [-0.25, -0.2) is 4.98 Å². The number of nitrogens with one attached hydrogen (secondary N) is 1. The Balaban J connectivity index is 1.70. The lowest BCUT2D eigenvalue weighted by atomic mass is 10.1. The molecule has 4 aromatic rings. The van der Waals surface area contributed by atoms with Crippen LogP contribution in [0.2, 0.25) is 0 Å². The van der Waals surface area contributed by atoms with Crippen LogP contribution >= 0.6 is 0 Å². The zero-order valence-corrected chi connectivity index (χ0v) is 15.4. The van der Waals surface area contributed by atoms with Crippen LogP contribution in [0.25, 0.3) is 5.78 Å². The zero-order chi connectivity index (χ0) is 18.6. The molecule has 1 N–H and O–H groups in total. The van der Waals surface area contributed by atoms with Crippen LogP contribution in [0.1, 0.15) is 24.0 Å². The van der Waals surface area contributed by atoms with Gasteiger partial charge >= 0.3 is 0 Å². The average molecular weight is 359 g/mol. The lowest BCUT2D eigenvalue weighted by Gasteiger charge is -2.13. The third-order valence-electron chi connectivity index (χ3n) is 4.14. The maximum atomic E-state index is 5.71. The van der Waals surface area contributed by atoms with E-state index in [2.05, 4.69) is 32.5 Å². The molecule has 0 fully saturated rings. The third-order valence-corrected chi connectivity index (χ3v) is 4.14. The second kappa shape index (κ2) is 7.45. The van der Waals surface area contributed by atoms with Crippen molar-refractivity contribution in [3.8, 4) is 5.75 Å². The Morgan fingerprint density at radius 2 is 1.78 bits per heavy atom. The number of fused-ring (bicyclic) bond motifs is 1. The summed E-state index contributed by atoms with van der Waals surface area (Å²) >= 11 is 0. The summed E-state index contributed by atoms with van der Waals surface area (Å²) < 4.78 is 7.46. The Morgan fingerprint density at radius 3 is 2.59 bits per heavy atom. The molecule has 6 heteroatoms. The van der Waals surface area contributed by atoms with Crippen LogP contribution < -0.4 is 10.1 Å². The number of ether oxygens (including phenoxy) is 1. The number of anilines is 2. The fourth-order valence-electron chi connectivity index (χ4n) is 2.96. The van der Waals surface area contributed by atoms with Gasteiger partial charge in [-0.2, -0.15) is 9.50 Å². The molecule has 27 heavy (non-hydrogen) atoms. The molecule has 0 saturated carbocycles. The van der Waals surface area contributed by atoms with E-state index in [1.165, 1.54) is 5.56 Å². The van der Waals surface area contributed by atoms with Gasteiger partial charge in [-0.05, 0) is 31.5 Å². The summed E-state index contributed by atoms with van der Waals surface area (Å²) in [5.74, 6) is 2.92. The molecule has 0 unspecified atom stereocenters. The van der Waals surface area contributed by atoms with Crippen molar-refractivity contribution in [1.29, 1.82) is 0 Å². The topological polar surface area (TPSA) is 64.3 Å². The van der Waals surface area contributed by atoms with Crippen LogP contribution in [-0.4, -0.2) is 26.2 Å². The average Bonchev–Trinajstić information content (AvgIpc) is 3.06. The van der Waals surface area contributed by atoms with Crippen molar-refractivity contribution in [1.82, 2.24) is 19.6 Å². The van der Waals surface area contributed by atoms with E-state index in [1.54, 1.807) is 4.52 Å². The molecule has 0 saturated heterocycles. The quantitative estimate of drug-likeness (QED) is 0.560. The molecular weight excluding hydrogens is 338 g/mol. The molecule has 0 bridgehead atoms. The molecule has 4 rings (SSSR count). The summed E-state index contributed by atoms with van der Waals surface area (Å²) in [4.78, 5) is 9.12. The van der Waals surface area contributed by atoms with E-state index in [0.29, 0.717) is 18.8 Å². The van der Waals surface area contributed by atoms with Crippen molar-refractivity contribution in [2.24, 2.45) is 0 Å². The first-order valence-corrected chi connectivity index (χ1v) is 8.99. The van der Waals surface area contributed by atoms with Crippen LogP contribution in [0.3, 0.4) is 0 Å². The summed E-state index contributed by atoms with van der Waals surface area (Å²) in [6.45, 7) is 4.53. The van der Waals surface area contributed by atoms with Gasteiger partial charge in [0.2, 0.25) is 0 Å². The zero-order valence-electron chi connectivity index (χ0n) is 15.4. The standard InChI is InChI=1S/C21H21N5O/c1-3-27-18-12-8-7-11-17(18)23-20-13-15(2)22-21-24-19(25-26(20)21)14-16-9-5-4-6-10-16/h4-13,23H,3,14H2,1-2H3. The fourth-order valence-corrected chi connectivity index (χ4v) is 2.96. The molecule has 0 radical (unpaired) electrons. The number of hydrogen-bond acceptors (Lipinski definition) is 5. The molecule has 2 heterocycles. The SMILES string of the molecule is CCOc1ccccc1Nc1cc(C)nc2nc(Cc3ccccc3)nn12. The predicted molar refractivity (Wildman–Crippen MR) is 106 cm³/mol. The predicted octanol–water partition coefficient (Wildman–Crippen LogP) is 4.17. The van der Waals surface area contributed by atoms with Gasteiger partial charge in [0.15, 0.2) is 5.82 Å². The summed E-state index contributed by atoms with van der Waals surface area (Å²) in [7, 11) is 0. The fraction of sp³-hybridized carbons (Fsp3) is 0.190. The van der Waals surface area contributed by atoms with Crippen molar-refractivity contribution in [2.45, 2.75) is 20.3 Å². The van der Waals surface area contributed by atoms with Crippen molar-refractivity contribution < 1.29 is 4.74 Å². The van der Waals surface area contributed by atoms with E-state index >= 15 is 0 Å². The summed E-state index contributed by atoms with van der Waals surface area (Å²) in [6, 6.07) is 20.0. The minimum atomic E-state index is 0.581. The van der Waals surface area contributed by atoms with Crippen molar-refractivity contribution >= 4 is 17.3 Å². The number of benzene rings is 2. The minimum absolute atomic E-state index is 0.581. The molecule has 6 nitrogen and oxygen atoms in total. The second-order valence-electron chi connectivity index (χ2n) is 6.24. The van der Waals surface area contributed by atoms with Crippen molar-refractivity contribution in [2.75, 3.05) is 11.9 Å². The molecule has 0 aliphatic carbocycles. The van der Waals surface area contributed by atoms with E-state index in [9.17, 15) is 0 Å². The largest absolute Gasteiger partial charge is 0.492 e. The van der Waals surface area contributed by atoms with E-state index in [4.69, 9.17) is 4.74 Å². The lowest BCUT2D eigenvalue weighted by molar-refractivity contribution is 0.342. The Hall–Kier alpha value is -3.41. The Morgan fingerprint density at radius 1 is 1.00 bits per heavy atom. The molecule has 0 aliphatic heterocycles. The lowest BCUT2D eigenvalue weighted by Crippen LogP contribution is -2.04. The highest BCUT2D eigenvalue weighted by Crippen LogP contribution is 2.27. The second-order valence-corrected chi connectivity index (χ2v) is 6.24. The molecule has 0 atom stereocenters. The third kappa shape index (κ3) is 3.74.